The topological polar surface area (TPSA) is 38.7 Å². The molecule has 3 rings (SSSR count). The fourth-order valence-corrected chi connectivity index (χ4v) is 2.95. The van der Waals surface area contributed by atoms with E-state index in [4.69, 9.17) is 11.6 Å². The molecule has 0 atom stereocenters. The van der Waals surface area contributed by atoms with Crippen molar-refractivity contribution in [2.24, 2.45) is 0 Å². The smallest absolute Gasteiger partial charge is 0.124 e. The van der Waals surface area contributed by atoms with E-state index in [1.165, 1.54) is 0 Å². The van der Waals surface area contributed by atoms with Gasteiger partial charge < -0.3 is 0 Å². The van der Waals surface area contributed by atoms with Gasteiger partial charge in [-0.3, -0.25) is 0 Å². The molecule has 0 N–H and O–H groups in total. The highest BCUT2D eigenvalue weighted by Crippen LogP contribution is 2.34. The maximum atomic E-state index is 5.90. The lowest BCUT2D eigenvalue weighted by Gasteiger charge is -1.95. The maximum Gasteiger partial charge on any atom is 0.124 e. The molecule has 0 spiro atoms. The lowest BCUT2D eigenvalue weighted by molar-refractivity contribution is 1.17. The van der Waals surface area contributed by atoms with Crippen molar-refractivity contribution in [2.45, 2.75) is 6.92 Å². The molecule has 0 saturated heterocycles. The Morgan fingerprint density at radius 2 is 1.89 bits per heavy atom. The van der Waals surface area contributed by atoms with E-state index in [0.717, 1.165) is 31.9 Å². The van der Waals surface area contributed by atoms with Gasteiger partial charge in [-0.1, -0.05) is 23.7 Å². The van der Waals surface area contributed by atoms with Crippen LogP contribution in [0.5, 0.6) is 0 Å². The lowest BCUT2D eigenvalue weighted by Crippen LogP contribution is -1.83. The highest BCUT2D eigenvalue weighted by atomic mass is 35.5. The number of rotatable bonds is 2. The molecule has 0 fully saturated rings. The second-order valence-corrected chi connectivity index (χ2v) is 5.47. The van der Waals surface area contributed by atoms with Gasteiger partial charge in [0.05, 0.1) is 16.3 Å². The van der Waals surface area contributed by atoms with Crippen molar-refractivity contribution < 1.29 is 0 Å². The Morgan fingerprint density at radius 3 is 2.58 bits per heavy atom. The van der Waals surface area contributed by atoms with E-state index in [-0.39, 0.29) is 0 Å². The van der Waals surface area contributed by atoms with Crippen molar-refractivity contribution in [2.75, 3.05) is 0 Å². The molecule has 0 saturated carbocycles. The molecule has 0 aliphatic rings. The molecule has 2 heterocycles. The van der Waals surface area contributed by atoms with Crippen LogP contribution >= 0.6 is 22.9 Å². The van der Waals surface area contributed by atoms with Gasteiger partial charge in [-0.05, 0) is 25.1 Å². The van der Waals surface area contributed by atoms with E-state index < -0.39 is 0 Å². The van der Waals surface area contributed by atoms with Crippen molar-refractivity contribution in [3.63, 3.8) is 0 Å². The van der Waals surface area contributed by atoms with Crippen LogP contribution in [0.4, 0.5) is 0 Å². The standard InChI is InChI=1S/C14H10ClN3S/c1-9-13(12-6-7-16-8-17-12)19-14(18-9)10-2-4-11(15)5-3-10/h2-8H,1H3. The molecule has 5 heteroatoms. The first-order valence-electron chi connectivity index (χ1n) is 5.74. The van der Waals surface area contributed by atoms with Gasteiger partial charge in [-0.2, -0.15) is 0 Å². The van der Waals surface area contributed by atoms with E-state index >= 15 is 0 Å². The van der Waals surface area contributed by atoms with Crippen LogP contribution in [0.3, 0.4) is 0 Å². The molecule has 0 bridgehead atoms. The Bertz CT molecular complexity index is 692. The van der Waals surface area contributed by atoms with Crippen LogP contribution in [0.1, 0.15) is 5.69 Å². The summed E-state index contributed by atoms with van der Waals surface area (Å²) in [5.74, 6) is 0. The number of hydrogen-bond donors (Lipinski definition) is 0. The highest BCUT2D eigenvalue weighted by Gasteiger charge is 2.11. The van der Waals surface area contributed by atoms with Crippen LogP contribution in [0.2, 0.25) is 5.02 Å². The molecular weight excluding hydrogens is 278 g/mol. The number of halogens is 1. The third-order valence-electron chi connectivity index (χ3n) is 2.70. The number of hydrogen-bond acceptors (Lipinski definition) is 4. The molecular formula is C14H10ClN3S. The summed E-state index contributed by atoms with van der Waals surface area (Å²) < 4.78 is 0. The summed E-state index contributed by atoms with van der Waals surface area (Å²) in [7, 11) is 0. The summed E-state index contributed by atoms with van der Waals surface area (Å²) in [6.45, 7) is 1.99. The Balaban J connectivity index is 2.04. The molecule has 0 aliphatic heterocycles. The van der Waals surface area contributed by atoms with Gasteiger partial charge in [-0.25, -0.2) is 15.0 Å². The second-order valence-electron chi connectivity index (χ2n) is 4.04. The fraction of sp³-hybridized carbons (Fsp3) is 0.0714. The van der Waals surface area contributed by atoms with Gasteiger partial charge in [-0.15, -0.1) is 11.3 Å². The normalized spacial score (nSPS) is 10.6. The number of nitrogens with zero attached hydrogens (tertiary/aromatic N) is 3. The molecule has 1 aromatic carbocycles. The molecule has 3 nitrogen and oxygen atoms in total. The minimum absolute atomic E-state index is 0.730. The third kappa shape index (κ3) is 2.50. The van der Waals surface area contributed by atoms with Crippen molar-refractivity contribution in [3.8, 4) is 21.1 Å². The van der Waals surface area contributed by atoms with Crippen molar-refractivity contribution in [1.82, 2.24) is 15.0 Å². The number of benzene rings is 1. The molecule has 0 radical (unpaired) electrons. The summed E-state index contributed by atoms with van der Waals surface area (Å²) in [5, 5.41) is 1.70. The molecule has 2 aromatic heterocycles. The predicted octanol–water partition coefficient (Wildman–Crippen LogP) is 4.23. The number of aryl methyl sites for hydroxylation is 1. The van der Waals surface area contributed by atoms with Gasteiger partial charge in [0.1, 0.15) is 11.3 Å². The van der Waals surface area contributed by atoms with Crippen LogP contribution in [-0.4, -0.2) is 15.0 Å². The van der Waals surface area contributed by atoms with Crippen molar-refractivity contribution in [1.29, 1.82) is 0 Å². The Kier molecular flexibility index (Phi) is 3.27. The predicted molar refractivity (Wildman–Crippen MR) is 78.3 cm³/mol. The average Bonchev–Trinajstić information content (AvgIpc) is 2.83. The zero-order chi connectivity index (χ0) is 13.2. The van der Waals surface area contributed by atoms with Gasteiger partial charge in [0.25, 0.3) is 0 Å². The number of aromatic nitrogens is 3. The van der Waals surface area contributed by atoms with E-state index in [2.05, 4.69) is 15.0 Å². The zero-order valence-corrected chi connectivity index (χ0v) is 11.7. The van der Waals surface area contributed by atoms with Gasteiger partial charge in [0, 0.05) is 16.8 Å². The van der Waals surface area contributed by atoms with Crippen molar-refractivity contribution >= 4 is 22.9 Å². The summed E-state index contributed by atoms with van der Waals surface area (Å²) in [4.78, 5) is 13.9. The van der Waals surface area contributed by atoms with E-state index in [9.17, 15) is 0 Å². The van der Waals surface area contributed by atoms with Crippen LogP contribution in [0.15, 0.2) is 42.9 Å². The first-order chi connectivity index (χ1) is 9.24. The van der Waals surface area contributed by atoms with Crippen LogP contribution in [0.25, 0.3) is 21.1 Å². The van der Waals surface area contributed by atoms with E-state index in [1.807, 2.05) is 37.3 Å². The zero-order valence-electron chi connectivity index (χ0n) is 10.2. The van der Waals surface area contributed by atoms with Crippen LogP contribution in [-0.2, 0) is 0 Å². The summed E-state index contributed by atoms with van der Waals surface area (Å²) in [6.07, 6.45) is 3.29. The quantitative estimate of drug-likeness (QED) is 0.708. The molecule has 0 amide bonds. The SMILES string of the molecule is Cc1nc(-c2ccc(Cl)cc2)sc1-c1ccncn1. The van der Waals surface area contributed by atoms with Crippen molar-refractivity contribution in [3.05, 3.63) is 53.6 Å². The summed E-state index contributed by atoms with van der Waals surface area (Å²) >= 11 is 7.52. The first-order valence-corrected chi connectivity index (χ1v) is 6.93. The lowest BCUT2D eigenvalue weighted by atomic mass is 10.2. The first kappa shape index (κ1) is 12.3. The minimum Gasteiger partial charge on any atom is -0.245 e. The molecule has 3 aromatic rings. The van der Waals surface area contributed by atoms with E-state index in [0.29, 0.717) is 0 Å². The number of thiazole rings is 1. The third-order valence-corrected chi connectivity index (χ3v) is 4.18. The van der Waals surface area contributed by atoms with E-state index in [1.54, 1.807) is 23.9 Å². The Hall–Kier alpha value is -1.78. The van der Waals surface area contributed by atoms with Gasteiger partial charge in [0.15, 0.2) is 0 Å². The summed E-state index contributed by atoms with van der Waals surface area (Å²) in [6, 6.07) is 9.59. The Morgan fingerprint density at radius 1 is 1.11 bits per heavy atom. The fourth-order valence-electron chi connectivity index (χ4n) is 1.78. The second kappa shape index (κ2) is 5.07. The van der Waals surface area contributed by atoms with Crippen LogP contribution in [0, 0.1) is 6.92 Å². The molecule has 94 valence electrons. The average molecular weight is 288 g/mol. The monoisotopic (exact) mass is 287 g/mol. The van der Waals surface area contributed by atoms with Crippen LogP contribution < -0.4 is 0 Å². The van der Waals surface area contributed by atoms with Gasteiger partial charge >= 0.3 is 0 Å². The molecule has 0 aliphatic carbocycles. The molecule has 19 heavy (non-hydrogen) atoms. The Labute approximate surface area is 120 Å². The molecule has 0 unspecified atom stereocenters. The van der Waals surface area contributed by atoms with Gasteiger partial charge in [0.2, 0.25) is 0 Å². The summed E-state index contributed by atoms with van der Waals surface area (Å²) in [5.41, 5.74) is 2.96. The maximum absolute atomic E-state index is 5.90. The highest BCUT2D eigenvalue weighted by molar-refractivity contribution is 7.18. The minimum atomic E-state index is 0.730. The largest absolute Gasteiger partial charge is 0.245 e.